The van der Waals surface area contributed by atoms with Crippen molar-refractivity contribution in [1.82, 2.24) is 0 Å². The maximum absolute atomic E-state index is 12.1. The highest BCUT2D eigenvalue weighted by atomic mass is 32.2. The van der Waals surface area contributed by atoms with E-state index in [0.717, 1.165) is 0 Å². The number of phenolic OH excluding ortho intramolecular Hbond substituents is 2. The average molecular weight is 278 g/mol. The predicted molar refractivity (Wildman–Crippen MR) is 72.0 cm³/mol. The van der Waals surface area contributed by atoms with Gasteiger partial charge in [-0.15, -0.1) is 0 Å². The molecule has 2 rings (SSSR count). The van der Waals surface area contributed by atoms with Crippen molar-refractivity contribution in [3.05, 3.63) is 54.1 Å². The normalized spacial score (nSPS) is 11.4. The molecule has 0 aliphatic heterocycles. The molecule has 0 unspecified atom stereocenters. The van der Waals surface area contributed by atoms with Crippen LogP contribution in [0, 0.1) is 0 Å². The lowest BCUT2D eigenvalue weighted by atomic mass is 10.1. The van der Waals surface area contributed by atoms with E-state index in [0.29, 0.717) is 5.56 Å². The largest absolute Gasteiger partial charge is 0.508 e. The molecule has 0 aliphatic rings. The third-order valence-corrected chi connectivity index (χ3v) is 4.54. The molecule has 2 N–H and O–H groups in total. The molecule has 0 aliphatic carbocycles. The molecule has 0 bridgehead atoms. The molecular formula is C14H14O4S. The van der Waals surface area contributed by atoms with Crippen molar-refractivity contribution in [2.45, 2.75) is 11.3 Å². The monoisotopic (exact) mass is 278 g/mol. The number of hydrogen-bond donors (Lipinski definition) is 2. The van der Waals surface area contributed by atoms with Gasteiger partial charge in [-0.25, -0.2) is 8.42 Å². The maximum atomic E-state index is 12.1. The van der Waals surface area contributed by atoms with E-state index in [-0.39, 0.29) is 28.6 Å². The molecule has 0 spiro atoms. The molecule has 19 heavy (non-hydrogen) atoms. The van der Waals surface area contributed by atoms with Crippen LogP contribution >= 0.6 is 0 Å². The summed E-state index contributed by atoms with van der Waals surface area (Å²) in [7, 11) is -3.38. The van der Waals surface area contributed by atoms with Crippen LogP contribution in [-0.4, -0.2) is 24.4 Å². The molecule has 0 radical (unpaired) electrons. The van der Waals surface area contributed by atoms with Crippen LogP contribution < -0.4 is 0 Å². The summed E-state index contributed by atoms with van der Waals surface area (Å²) in [5, 5.41) is 18.9. The topological polar surface area (TPSA) is 74.6 Å². The first-order valence-electron chi connectivity index (χ1n) is 5.78. The zero-order valence-corrected chi connectivity index (χ0v) is 11.0. The second-order valence-corrected chi connectivity index (χ2v) is 6.30. The fraction of sp³-hybridized carbons (Fsp3) is 0.143. The van der Waals surface area contributed by atoms with Crippen LogP contribution in [0.2, 0.25) is 0 Å². The summed E-state index contributed by atoms with van der Waals surface area (Å²) >= 11 is 0. The van der Waals surface area contributed by atoms with Gasteiger partial charge in [-0.3, -0.25) is 0 Å². The lowest BCUT2D eigenvalue weighted by molar-refractivity contribution is 0.454. The Kier molecular flexibility index (Phi) is 3.76. The van der Waals surface area contributed by atoms with Gasteiger partial charge < -0.3 is 10.2 Å². The lowest BCUT2D eigenvalue weighted by Gasteiger charge is -2.06. The third-order valence-electron chi connectivity index (χ3n) is 2.81. The Morgan fingerprint density at radius 3 is 2.32 bits per heavy atom. The molecule has 2 aromatic carbocycles. The van der Waals surface area contributed by atoms with Crippen LogP contribution in [-0.2, 0) is 16.3 Å². The third kappa shape index (κ3) is 3.26. The number of aromatic hydroxyl groups is 2. The van der Waals surface area contributed by atoms with Crippen LogP contribution in [0.4, 0.5) is 0 Å². The highest BCUT2D eigenvalue weighted by Gasteiger charge is 2.15. The van der Waals surface area contributed by atoms with Gasteiger partial charge in [0.2, 0.25) is 0 Å². The molecular weight excluding hydrogens is 264 g/mol. The quantitative estimate of drug-likeness (QED) is 0.840. The zero-order valence-electron chi connectivity index (χ0n) is 10.2. The first-order valence-corrected chi connectivity index (χ1v) is 7.43. The van der Waals surface area contributed by atoms with Crippen LogP contribution in [0.1, 0.15) is 5.56 Å². The summed E-state index contributed by atoms with van der Waals surface area (Å²) in [6.07, 6.45) is 0.150. The molecule has 0 atom stereocenters. The molecule has 0 saturated heterocycles. The fourth-order valence-electron chi connectivity index (χ4n) is 1.76. The van der Waals surface area contributed by atoms with Crippen molar-refractivity contribution in [1.29, 1.82) is 0 Å². The van der Waals surface area contributed by atoms with E-state index < -0.39 is 9.84 Å². The van der Waals surface area contributed by atoms with E-state index in [2.05, 4.69) is 0 Å². The average Bonchev–Trinajstić information content (AvgIpc) is 2.41. The fourth-order valence-corrected chi connectivity index (χ4v) is 3.06. The molecule has 0 saturated carbocycles. The molecule has 0 amide bonds. The van der Waals surface area contributed by atoms with Gasteiger partial charge in [0.1, 0.15) is 11.5 Å². The lowest BCUT2D eigenvalue weighted by Crippen LogP contribution is -2.09. The van der Waals surface area contributed by atoms with Crippen molar-refractivity contribution >= 4 is 9.84 Å². The van der Waals surface area contributed by atoms with Crippen molar-refractivity contribution in [2.75, 3.05) is 5.75 Å². The Bertz CT molecular complexity index is 663. The Balaban J connectivity index is 2.17. The van der Waals surface area contributed by atoms with Crippen LogP contribution in [0.25, 0.3) is 0 Å². The number of benzene rings is 2. The number of sulfone groups is 1. The van der Waals surface area contributed by atoms with Gasteiger partial charge in [0.25, 0.3) is 0 Å². The highest BCUT2D eigenvalue weighted by Crippen LogP contribution is 2.23. The van der Waals surface area contributed by atoms with Crippen molar-refractivity contribution in [3.63, 3.8) is 0 Å². The molecule has 2 aromatic rings. The standard InChI is InChI=1S/C14H14O4S/c15-12-6-7-14(16)11(10-12)8-9-19(17,18)13-4-2-1-3-5-13/h1-7,10,15-16H,8-9H2. The van der Waals surface area contributed by atoms with Gasteiger partial charge in [-0.1, -0.05) is 18.2 Å². The molecule has 4 nitrogen and oxygen atoms in total. The summed E-state index contributed by atoms with van der Waals surface area (Å²) in [5.74, 6) is -0.125. The van der Waals surface area contributed by atoms with Crippen LogP contribution in [0.5, 0.6) is 11.5 Å². The van der Waals surface area contributed by atoms with Gasteiger partial charge in [-0.2, -0.15) is 0 Å². The SMILES string of the molecule is O=S(=O)(CCc1cc(O)ccc1O)c1ccccc1. The zero-order chi connectivity index (χ0) is 13.9. The number of phenols is 2. The van der Waals surface area contributed by atoms with Gasteiger partial charge >= 0.3 is 0 Å². The van der Waals surface area contributed by atoms with Gasteiger partial charge in [0.15, 0.2) is 9.84 Å². The summed E-state index contributed by atoms with van der Waals surface area (Å²) in [4.78, 5) is 0.259. The minimum atomic E-state index is -3.38. The van der Waals surface area contributed by atoms with Crippen molar-refractivity contribution < 1.29 is 18.6 Å². The van der Waals surface area contributed by atoms with Crippen LogP contribution in [0.3, 0.4) is 0 Å². The summed E-state index contributed by atoms with van der Waals surface area (Å²) < 4.78 is 24.1. The second kappa shape index (κ2) is 5.32. The summed E-state index contributed by atoms with van der Waals surface area (Å²) in [6.45, 7) is 0. The Morgan fingerprint density at radius 1 is 0.947 bits per heavy atom. The molecule has 5 heteroatoms. The van der Waals surface area contributed by atoms with Crippen molar-refractivity contribution in [2.24, 2.45) is 0 Å². The number of hydrogen-bond acceptors (Lipinski definition) is 4. The molecule has 100 valence electrons. The summed E-state index contributed by atoms with van der Waals surface area (Å²) in [6, 6.07) is 12.2. The Hall–Kier alpha value is -2.01. The number of aryl methyl sites for hydroxylation is 1. The molecule has 0 heterocycles. The van der Waals surface area contributed by atoms with Gasteiger partial charge in [0, 0.05) is 0 Å². The second-order valence-electron chi connectivity index (χ2n) is 4.19. The van der Waals surface area contributed by atoms with E-state index in [1.807, 2.05) is 0 Å². The van der Waals surface area contributed by atoms with E-state index >= 15 is 0 Å². The van der Waals surface area contributed by atoms with E-state index in [9.17, 15) is 18.6 Å². The highest BCUT2D eigenvalue weighted by molar-refractivity contribution is 7.91. The molecule has 0 fully saturated rings. The van der Waals surface area contributed by atoms with E-state index in [1.165, 1.54) is 30.3 Å². The first-order chi connectivity index (χ1) is 8.99. The van der Waals surface area contributed by atoms with Gasteiger partial charge in [0.05, 0.1) is 10.6 Å². The number of rotatable bonds is 4. The van der Waals surface area contributed by atoms with Crippen molar-refractivity contribution in [3.8, 4) is 11.5 Å². The Morgan fingerprint density at radius 2 is 1.63 bits per heavy atom. The minimum Gasteiger partial charge on any atom is -0.508 e. The maximum Gasteiger partial charge on any atom is 0.178 e. The van der Waals surface area contributed by atoms with E-state index in [1.54, 1.807) is 18.2 Å². The minimum absolute atomic E-state index is 0.00455. The Labute approximate surface area is 111 Å². The predicted octanol–water partition coefficient (Wildman–Crippen LogP) is 2.11. The summed E-state index contributed by atoms with van der Waals surface area (Å²) in [5.41, 5.74) is 0.416. The smallest absolute Gasteiger partial charge is 0.178 e. The van der Waals surface area contributed by atoms with E-state index in [4.69, 9.17) is 0 Å². The van der Waals surface area contributed by atoms with Gasteiger partial charge in [-0.05, 0) is 42.3 Å². The molecule has 0 aromatic heterocycles. The van der Waals surface area contributed by atoms with Crippen LogP contribution in [0.15, 0.2) is 53.4 Å². The first kappa shape index (κ1) is 13.4.